The second-order valence-electron chi connectivity index (χ2n) is 2.86. The Kier molecular flexibility index (Phi) is 3.29. The third-order valence-electron chi connectivity index (χ3n) is 1.73. The van der Waals surface area contributed by atoms with E-state index in [1.54, 1.807) is 12.1 Å². The van der Waals surface area contributed by atoms with Crippen LogP contribution < -0.4 is 0 Å². The number of phenols is 1. The van der Waals surface area contributed by atoms with Crippen molar-refractivity contribution in [1.29, 1.82) is 0 Å². The second kappa shape index (κ2) is 4.46. The number of esters is 1. The van der Waals surface area contributed by atoms with E-state index < -0.39 is 6.10 Å². The zero-order valence-electron chi connectivity index (χ0n) is 7.93. The molecule has 0 aliphatic heterocycles. The predicted molar refractivity (Wildman–Crippen MR) is 52.8 cm³/mol. The van der Waals surface area contributed by atoms with Crippen molar-refractivity contribution >= 4 is 5.97 Å². The number of hydrogen-bond donors (Lipinski definition) is 1. The Morgan fingerprint density at radius 3 is 2.50 bits per heavy atom. The van der Waals surface area contributed by atoms with Gasteiger partial charge in [-0.15, -0.1) is 0 Å². The topological polar surface area (TPSA) is 46.5 Å². The van der Waals surface area contributed by atoms with Gasteiger partial charge in [-0.3, -0.25) is 4.79 Å². The van der Waals surface area contributed by atoms with Crippen LogP contribution in [0.3, 0.4) is 0 Å². The summed E-state index contributed by atoms with van der Waals surface area (Å²) in [5.74, 6) is -0.178. The monoisotopic (exact) mass is 192 g/mol. The van der Waals surface area contributed by atoms with Gasteiger partial charge in [0.25, 0.3) is 0 Å². The van der Waals surface area contributed by atoms with Crippen LogP contribution in [-0.4, -0.2) is 11.1 Å². The van der Waals surface area contributed by atoms with Crippen LogP contribution in [-0.2, 0) is 9.53 Å². The van der Waals surface area contributed by atoms with E-state index in [9.17, 15) is 4.79 Å². The molecule has 1 rings (SSSR count). The van der Waals surface area contributed by atoms with Crippen molar-refractivity contribution in [3.05, 3.63) is 42.5 Å². The molecule has 0 heterocycles. The fraction of sp³-hybridized carbons (Fsp3) is 0.182. The van der Waals surface area contributed by atoms with Crippen LogP contribution in [0.2, 0.25) is 0 Å². The Labute approximate surface area is 82.6 Å². The third kappa shape index (κ3) is 2.62. The van der Waals surface area contributed by atoms with Crippen molar-refractivity contribution in [2.45, 2.75) is 13.0 Å². The molecule has 3 nitrogen and oxygen atoms in total. The molecule has 0 fully saturated rings. The molecule has 1 aromatic carbocycles. The first-order valence-electron chi connectivity index (χ1n) is 4.22. The molecular formula is C11H12O3. The first kappa shape index (κ1) is 10.3. The lowest BCUT2D eigenvalue weighted by molar-refractivity contribution is -0.144. The molecule has 0 amide bonds. The summed E-state index contributed by atoms with van der Waals surface area (Å²) in [6, 6.07) is 6.44. The molecule has 1 aromatic rings. The summed E-state index contributed by atoms with van der Waals surface area (Å²) in [4.78, 5) is 10.7. The number of ether oxygens (including phenoxy) is 1. The van der Waals surface area contributed by atoms with Crippen molar-refractivity contribution in [2.75, 3.05) is 0 Å². The molecule has 1 atom stereocenters. The summed E-state index contributed by atoms with van der Waals surface area (Å²) in [7, 11) is 0. The van der Waals surface area contributed by atoms with Gasteiger partial charge in [-0.05, 0) is 23.8 Å². The fourth-order valence-electron chi connectivity index (χ4n) is 1.10. The Hall–Kier alpha value is -1.77. The standard InChI is InChI=1S/C11H12O3/c1-3-11(14-8(2)12)9-4-6-10(13)7-5-9/h3-7,11,13H,1H2,2H3/t11-/m1/s1. The van der Waals surface area contributed by atoms with E-state index in [0.717, 1.165) is 5.56 Å². The molecule has 0 saturated carbocycles. The zero-order chi connectivity index (χ0) is 10.6. The molecule has 74 valence electrons. The third-order valence-corrected chi connectivity index (χ3v) is 1.73. The van der Waals surface area contributed by atoms with Crippen molar-refractivity contribution in [2.24, 2.45) is 0 Å². The van der Waals surface area contributed by atoms with Gasteiger partial charge >= 0.3 is 5.97 Å². The van der Waals surface area contributed by atoms with Gasteiger partial charge in [-0.1, -0.05) is 18.7 Å². The first-order chi connectivity index (χ1) is 6.63. The van der Waals surface area contributed by atoms with Gasteiger partial charge in [0.1, 0.15) is 11.9 Å². The highest BCUT2D eigenvalue weighted by Gasteiger charge is 2.09. The summed E-state index contributed by atoms with van der Waals surface area (Å²) in [5.41, 5.74) is 0.785. The number of benzene rings is 1. The number of aromatic hydroxyl groups is 1. The second-order valence-corrected chi connectivity index (χ2v) is 2.86. The highest BCUT2D eigenvalue weighted by molar-refractivity contribution is 5.66. The highest BCUT2D eigenvalue weighted by Crippen LogP contribution is 2.20. The largest absolute Gasteiger partial charge is 0.508 e. The van der Waals surface area contributed by atoms with E-state index in [1.807, 2.05) is 0 Å². The van der Waals surface area contributed by atoms with E-state index in [2.05, 4.69) is 6.58 Å². The summed E-state index contributed by atoms with van der Waals surface area (Å²) in [5, 5.41) is 9.06. The van der Waals surface area contributed by atoms with Crippen LogP contribution in [0.1, 0.15) is 18.6 Å². The Morgan fingerprint density at radius 1 is 1.50 bits per heavy atom. The quantitative estimate of drug-likeness (QED) is 0.589. The van der Waals surface area contributed by atoms with Crippen LogP contribution in [0.25, 0.3) is 0 Å². The van der Waals surface area contributed by atoms with Gasteiger partial charge in [-0.2, -0.15) is 0 Å². The maximum Gasteiger partial charge on any atom is 0.303 e. The van der Waals surface area contributed by atoms with Crippen molar-refractivity contribution in [3.63, 3.8) is 0 Å². The smallest absolute Gasteiger partial charge is 0.303 e. The molecule has 0 aliphatic carbocycles. The van der Waals surface area contributed by atoms with Gasteiger partial charge in [0.2, 0.25) is 0 Å². The van der Waals surface area contributed by atoms with E-state index >= 15 is 0 Å². The molecule has 3 heteroatoms. The highest BCUT2D eigenvalue weighted by atomic mass is 16.5. The lowest BCUT2D eigenvalue weighted by Gasteiger charge is -2.12. The minimum absolute atomic E-state index is 0.180. The van der Waals surface area contributed by atoms with E-state index in [1.165, 1.54) is 25.1 Å². The zero-order valence-corrected chi connectivity index (χ0v) is 7.93. The average molecular weight is 192 g/mol. The Bertz CT molecular complexity index is 327. The summed E-state index contributed by atoms with van der Waals surface area (Å²) < 4.78 is 4.99. The molecule has 0 bridgehead atoms. The number of carbonyl (C=O) groups is 1. The van der Waals surface area contributed by atoms with Crippen LogP contribution in [0.4, 0.5) is 0 Å². The molecule has 14 heavy (non-hydrogen) atoms. The summed E-state index contributed by atoms with van der Waals surface area (Å²) in [6.45, 7) is 4.92. The number of rotatable bonds is 3. The van der Waals surface area contributed by atoms with Gasteiger partial charge in [0.05, 0.1) is 0 Å². The lowest BCUT2D eigenvalue weighted by atomic mass is 10.1. The van der Waals surface area contributed by atoms with Gasteiger partial charge in [0, 0.05) is 6.92 Å². The maximum atomic E-state index is 10.7. The molecule has 0 unspecified atom stereocenters. The molecule has 1 N–H and O–H groups in total. The van der Waals surface area contributed by atoms with Crippen LogP contribution in [0, 0.1) is 0 Å². The maximum absolute atomic E-state index is 10.7. The molecule has 0 aliphatic rings. The SMILES string of the molecule is C=C[C@@H](OC(C)=O)c1ccc(O)cc1. The lowest BCUT2D eigenvalue weighted by Crippen LogP contribution is -2.05. The van der Waals surface area contributed by atoms with Crippen molar-refractivity contribution < 1.29 is 14.6 Å². The predicted octanol–water partition coefficient (Wildman–Crippen LogP) is 2.18. The minimum atomic E-state index is -0.451. The van der Waals surface area contributed by atoms with Crippen LogP contribution in [0.5, 0.6) is 5.75 Å². The van der Waals surface area contributed by atoms with E-state index in [0.29, 0.717) is 0 Å². The van der Waals surface area contributed by atoms with E-state index in [4.69, 9.17) is 9.84 Å². The first-order valence-corrected chi connectivity index (χ1v) is 4.22. The van der Waals surface area contributed by atoms with Crippen LogP contribution >= 0.6 is 0 Å². The van der Waals surface area contributed by atoms with Crippen molar-refractivity contribution in [1.82, 2.24) is 0 Å². The van der Waals surface area contributed by atoms with Crippen molar-refractivity contribution in [3.8, 4) is 5.75 Å². The number of hydrogen-bond acceptors (Lipinski definition) is 3. The summed E-state index contributed by atoms with van der Waals surface area (Å²) in [6.07, 6.45) is 1.08. The Balaban J connectivity index is 2.84. The number of carbonyl (C=O) groups excluding carboxylic acids is 1. The van der Waals surface area contributed by atoms with Gasteiger partial charge in [-0.25, -0.2) is 0 Å². The van der Waals surface area contributed by atoms with Gasteiger partial charge in [0.15, 0.2) is 0 Å². The average Bonchev–Trinajstić information content (AvgIpc) is 2.15. The normalized spacial score (nSPS) is 11.8. The molecule has 0 radical (unpaired) electrons. The molecular weight excluding hydrogens is 180 g/mol. The fourth-order valence-corrected chi connectivity index (χ4v) is 1.10. The van der Waals surface area contributed by atoms with Crippen LogP contribution in [0.15, 0.2) is 36.9 Å². The molecule has 0 spiro atoms. The molecule has 0 aromatic heterocycles. The number of phenolic OH excluding ortho intramolecular Hbond substituents is 1. The van der Waals surface area contributed by atoms with Gasteiger partial charge < -0.3 is 9.84 Å². The Morgan fingerprint density at radius 2 is 2.07 bits per heavy atom. The van der Waals surface area contributed by atoms with E-state index in [-0.39, 0.29) is 11.7 Å². The minimum Gasteiger partial charge on any atom is -0.508 e. The molecule has 0 saturated heterocycles. The summed E-state index contributed by atoms with van der Waals surface area (Å²) >= 11 is 0.